The van der Waals surface area contributed by atoms with Crippen molar-refractivity contribution in [3.05, 3.63) is 11.3 Å². The lowest BCUT2D eigenvalue weighted by molar-refractivity contribution is 0.335. The van der Waals surface area contributed by atoms with E-state index in [0.29, 0.717) is 0 Å². The molecule has 0 bridgehead atoms. The highest BCUT2D eigenvalue weighted by atomic mass is 15.2. The van der Waals surface area contributed by atoms with Crippen molar-refractivity contribution in [3.63, 3.8) is 0 Å². The topological polar surface area (TPSA) is 53.1 Å². The molecule has 1 fully saturated rings. The van der Waals surface area contributed by atoms with Gasteiger partial charge in [0.1, 0.15) is 0 Å². The van der Waals surface area contributed by atoms with Gasteiger partial charge in [-0.25, -0.2) is 0 Å². The number of hydrogen-bond acceptors (Lipinski definition) is 3. The molecule has 1 saturated carbocycles. The molecule has 2 aliphatic rings. The summed E-state index contributed by atoms with van der Waals surface area (Å²) < 4.78 is 0. The molecule has 58 valence electrons. The van der Waals surface area contributed by atoms with Gasteiger partial charge in [-0.1, -0.05) is 0 Å². The summed E-state index contributed by atoms with van der Waals surface area (Å²) in [6.45, 7) is 1.60. The standard InChI is InChI=1S/C8H11N3/c9-3-6-4-11(5-8(6)10)7-1-2-7/h7H,1-2,4-5,10H2. The molecule has 0 radical (unpaired) electrons. The van der Waals surface area contributed by atoms with Gasteiger partial charge in [-0.2, -0.15) is 5.26 Å². The zero-order chi connectivity index (χ0) is 7.84. The summed E-state index contributed by atoms with van der Waals surface area (Å²) in [7, 11) is 0. The largest absolute Gasteiger partial charge is 0.400 e. The predicted octanol–water partition coefficient (Wildman–Crippen LogP) is 0.201. The van der Waals surface area contributed by atoms with E-state index in [0.717, 1.165) is 30.4 Å². The second kappa shape index (κ2) is 2.24. The summed E-state index contributed by atoms with van der Waals surface area (Å²) in [6.07, 6.45) is 2.57. The molecule has 0 unspecified atom stereocenters. The van der Waals surface area contributed by atoms with Gasteiger partial charge in [-0.15, -0.1) is 0 Å². The van der Waals surface area contributed by atoms with E-state index in [-0.39, 0.29) is 0 Å². The number of nitrogens with two attached hydrogens (primary N) is 1. The van der Waals surface area contributed by atoms with Crippen LogP contribution in [0.5, 0.6) is 0 Å². The first-order valence-corrected chi connectivity index (χ1v) is 3.93. The van der Waals surface area contributed by atoms with Gasteiger partial charge in [0.25, 0.3) is 0 Å². The summed E-state index contributed by atoms with van der Waals surface area (Å²) in [6, 6.07) is 2.86. The van der Waals surface area contributed by atoms with Crippen LogP contribution < -0.4 is 5.73 Å². The Hall–Kier alpha value is -1.01. The van der Waals surface area contributed by atoms with Gasteiger partial charge in [-0.3, -0.25) is 4.90 Å². The van der Waals surface area contributed by atoms with E-state index in [2.05, 4.69) is 11.0 Å². The number of rotatable bonds is 1. The van der Waals surface area contributed by atoms with E-state index in [1.807, 2.05) is 0 Å². The fourth-order valence-electron chi connectivity index (χ4n) is 1.48. The summed E-state index contributed by atoms with van der Waals surface area (Å²) in [5, 5.41) is 8.64. The van der Waals surface area contributed by atoms with Crippen LogP contribution in [-0.2, 0) is 0 Å². The molecule has 0 aromatic rings. The molecule has 11 heavy (non-hydrogen) atoms. The number of nitriles is 1. The molecule has 3 heteroatoms. The normalized spacial score (nSPS) is 25.7. The van der Waals surface area contributed by atoms with Crippen LogP contribution in [0.1, 0.15) is 12.8 Å². The van der Waals surface area contributed by atoms with Crippen LogP contribution in [0.3, 0.4) is 0 Å². The van der Waals surface area contributed by atoms with Gasteiger partial charge in [-0.05, 0) is 12.8 Å². The van der Waals surface area contributed by atoms with Gasteiger partial charge in [0.15, 0.2) is 0 Å². The Labute approximate surface area is 66.1 Å². The van der Waals surface area contributed by atoms with Crippen molar-refractivity contribution < 1.29 is 0 Å². The molecule has 3 nitrogen and oxygen atoms in total. The second-order valence-electron chi connectivity index (χ2n) is 3.25. The fraction of sp³-hybridized carbons (Fsp3) is 0.625. The van der Waals surface area contributed by atoms with Crippen molar-refractivity contribution in [2.75, 3.05) is 13.1 Å². The molecule has 1 heterocycles. The van der Waals surface area contributed by atoms with Crippen molar-refractivity contribution in [3.8, 4) is 6.07 Å². The van der Waals surface area contributed by atoms with Crippen LogP contribution in [0.25, 0.3) is 0 Å². The molecule has 2 N–H and O–H groups in total. The first-order chi connectivity index (χ1) is 5.31. The minimum Gasteiger partial charge on any atom is -0.400 e. The van der Waals surface area contributed by atoms with Crippen molar-refractivity contribution in [2.24, 2.45) is 5.73 Å². The van der Waals surface area contributed by atoms with Gasteiger partial charge < -0.3 is 5.73 Å². The first kappa shape index (κ1) is 6.68. The van der Waals surface area contributed by atoms with Crippen LogP contribution in [0.4, 0.5) is 0 Å². The molecule has 1 aliphatic carbocycles. The van der Waals surface area contributed by atoms with E-state index in [1.54, 1.807) is 0 Å². The maximum atomic E-state index is 8.64. The molecule has 0 saturated heterocycles. The smallest absolute Gasteiger partial charge is 0.0979 e. The average molecular weight is 149 g/mol. The lowest BCUT2D eigenvalue weighted by Gasteiger charge is -2.12. The third kappa shape index (κ3) is 1.10. The summed E-state index contributed by atoms with van der Waals surface area (Å²) >= 11 is 0. The predicted molar refractivity (Wildman–Crippen MR) is 41.4 cm³/mol. The van der Waals surface area contributed by atoms with Crippen LogP contribution in [-0.4, -0.2) is 24.0 Å². The third-order valence-corrected chi connectivity index (χ3v) is 2.32. The van der Waals surface area contributed by atoms with E-state index in [4.69, 9.17) is 11.0 Å². The molecular formula is C8H11N3. The molecule has 0 aromatic heterocycles. The Morgan fingerprint density at radius 3 is 2.64 bits per heavy atom. The van der Waals surface area contributed by atoms with Crippen LogP contribution in [0.15, 0.2) is 11.3 Å². The zero-order valence-electron chi connectivity index (χ0n) is 6.38. The Kier molecular flexibility index (Phi) is 1.36. The number of nitrogens with zero attached hydrogens (tertiary/aromatic N) is 2. The van der Waals surface area contributed by atoms with Crippen LogP contribution in [0.2, 0.25) is 0 Å². The van der Waals surface area contributed by atoms with Gasteiger partial charge >= 0.3 is 0 Å². The maximum absolute atomic E-state index is 8.64. The van der Waals surface area contributed by atoms with Gasteiger partial charge in [0.2, 0.25) is 0 Å². The lowest BCUT2D eigenvalue weighted by Crippen LogP contribution is -2.24. The Balaban J connectivity index is 2.03. The zero-order valence-corrected chi connectivity index (χ0v) is 6.38. The maximum Gasteiger partial charge on any atom is 0.0979 e. The third-order valence-electron chi connectivity index (χ3n) is 2.32. The number of hydrogen-bond donors (Lipinski definition) is 1. The fourth-order valence-corrected chi connectivity index (χ4v) is 1.48. The lowest BCUT2D eigenvalue weighted by atomic mass is 10.3. The highest BCUT2D eigenvalue weighted by Gasteiger charge is 2.33. The van der Waals surface area contributed by atoms with E-state index in [9.17, 15) is 0 Å². The van der Waals surface area contributed by atoms with Crippen molar-refractivity contribution >= 4 is 0 Å². The summed E-state index contributed by atoms with van der Waals surface area (Å²) in [5.41, 5.74) is 7.21. The van der Waals surface area contributed by atoms with E-state index in [1.165, 1.54) is 12.8 Å². The van der Waals surface area contributed by atoms with Gasteiger partial charge in [0, 0.05) is 24.8 Å². The molecule has 0 aromatic carbocycles. The Morgan fingerprint density at radius 2 is 2.18 bits per heavy atom. The van der Waals surface area contributed by atoms with Crippen molar-refractivity contribution in [1.82, 2.24) is 4.90 Å². The van der Waals surface area contributed by atoms with Crippen LogP contribution in [0, 0.1) is 11.3 Å². The second-order valence-corrected chi connectivity index (χ2v) is 3.25. The summed E-state index contributed by atoms with van der Waals surface area (Å²) in [5.74, 6) is 0. The Morgan fingerprint density at radius 1 is 1.45 bits per heavy atom. The monoisotopic (exact) mass is 149 g/mol. The van der Waals surface area contributed by atoms with E-state index < -0.39 is 0 Å². The molecule has 2 rings (SSSR count). The highest BCUT2D eigenvalue weighted by Crippen LogP contribution is 2.30. The first-order valence-electron chi connectivity index (χ1n) is 3.93. The summed E-state index contributed by atoms with van der Waals surface area (Å²) in [4.78, 5) is 2.29. The quantitative estimate of drug-likeness (QED) is 0.579. The highest BCUT2D eigenvalue weighted by molar-refractivity contribution is 5.33. The molecule has 0 spiro atoms. The minimum atomic E-state index is 0.722. The SMILES string of the molecule is N#CC1=C(N)CN(C2CC2)C1. The van der Waals surface area contributed by atoms with Crippen molar-refractivity contribution in [2.45, 2.75) is 18.9 Å². The minimum absolute atomic E-state index is 0.722. The molecule has 0 atom stereocenters. The van der Waals surface area contributed by atoms with Gasteiger partial charge in [0.05, 0.1) is 11.6 Å². The van der Waals surface area contributed by atoms with E-state index >= 15 is 0 Å². The molecule has 0 amide bonds. The average Bonchev–Trinajstić information content (AvgIpc) is 2.76. The molecular weight excluding hydrogens is 138 g/mol. The van der Waals surface area contributed by atoms with Crippen LogP contribution >= 0.6 is 0 Å². The van der Waals surface area contributed by atoms with Crippen molar-refractivity contribution in [1.29, 1.82) is 5.26 Å². The molecule has 1 aliphatic heterocycles. The Bertz CT molecular complexity index is 245.